The van der Waals surface area contributed by atoms with Crippen LogP contribution in [0.25, 0.3) is 0 Å². The Morgan fingerprint density at radius 1 is 1.27 bits per heavy atom. The summed E-state index contributed by atoms with van der Waals surface area (Å²) in [7, 11) is 0. The lowest BCUT2D eigenvalue weighted by Gasteiger charge is -2.32. The number of hydrogen-bond acceptors (Lipinski definition) is 5. The second-order valence-electron chi connectivity index (χ2n) is 5.69. The predicted molar refractivity (Wildman–Crippen MR) is 88.3 cm³/mol. The standard InChI is InChI=1S/C17H16N2O2S/c20-10-8-17-7-9-19(12-4-2-1-3-5-12)16(17)18-13-6-11-22-14(13)15(17)21/h1-6,11,20H,7-10H2. The lowest BCUT2D eigenvalue weighted by Crippen LogP contribution is -2.43. The van der Waals surface area contributed by atoms with Gasteiger partial charge in [0.25, 0.3) is 0 Å². The number of nitrogens with zero attached hydrogens (tertiary/aromatic N) is 2. The number of carbonyl (C=O) groups excluding carboxylic acids is 1. The zero-order valence-electron chi connectivity index (χ0n) is 12.0. The first-order valence-electron chi connectivity index (χ1n) is 7.41. The van der Waals surface area contributed by atoms with Gasteiger partial charge in [0, 0.05) is 18.8 Å². The van der Waals surface area contributed by atoms with Crippen molar-refractivity contribution in [2.45, 2.75) is 12.8 Å². The van der Waals surface area contributed by atoms with E-state index in [4.69, 9.17) is 4.99 Å². The Kier molecular flexibility index (Phi) is 3.13. The monoisotopic (exact) mass is 312 g/mol. The summed E-state index contributed by atoms with van der Waals surface area (Å²) in [6.45, 7) is 0.748. The number of thiophene rings is 1. The Morgan fingerprint density at radius 3 is 2.86 bits per heavy atom. The minimum absolute atomic E-state index is 0.00585. The maximum atomic E-state index is 13.0. The zero-order chi connectivity index (χ0) is 15.2. The van der Waals surface area contributed by atoms with E-state index in [2.05, 4.69) is 4.90 Å². The highest BCUT2D eigenvalue weighted by Gasteiger charge is 2.53. The van der Waals surface area contributed by atoms with E-state index in [-0.39, 0.29) is 12.4 Å². The van der Waals surface area contributed by atoms with Crippen LogP contribution in [0.5, 0.6) is 0 Å². The topological polar surface area (TPSA) is 52.9 Å². The quantitative estimate of drug-likeness (QED) is 0.946. The fraction of sp³-hybridized carbons (Fsp3) is 0.294. The van der Waals surface area contributed by atoms with Crippen LogP contribution in [0.2, 0.25) is 0 Å². The van der Waals surface area contributed by atoms with Gasteiger partial charge in [-0.2, -0.15) is 0 Å². The molecule has 1 fully saturated rings. The van der Waals surface area contributed by atoms with E-state index in [1.165, 1.54) is 11.3 Å². The summed E-state index contributed by atoms with van der Waals surface area (Å²) in [5, 5.41) is 11.4. The van der Waals surface area contributed by atoms with Crippen LogP contribution in [0.1, 0.15) is 22.5 Å². The number of hydrogen-bond donors (Lipinski definition) is 1. The normalized spacial score (nSPS) is 23.2. The summed E-state index contributed by atoms with van der Waals surface area (Å²) in [5.74, 6) is 0.915. The number of rotatable bonds is 3. The van der Waals surface area contributed by atoms with Crippen molar-refractivity contribution in [3.63, 3.8) is 0 Å². The smallest absolute Gasteiger partial charge is 0.188 e. The molecular formula is C17H16N2O2S. The number of aliphatic hydroxyl groups excluding tert-OH is 1. The average molecular weight is 312 g/mol. The number of anilines is 1. The van der Waals surface area contributed by atoms with Crippen LogP contribution in [-0.4, -0.2) is 29.9 Å². The second-order valence-corrected chi connectivity index (χ2v) is 6.61. The van der Waals surface area contributed by atoms with Crippen LogP contribution >= 0.6 is 11.3 Å². The van der Waals surface area contributed by atoms with Crippen LogP contribution in [0, 0.1) is 5.41 Å². The number of Topliss-reactive ketones (excluding diaryl/α,β-unsaturated/α-hetero) is 1. The first-order valence-corrected chi connectivity index (χ1v) is 8.29. The van der Waals surface area contributed by atoms with Crippen molar-refractivity contribution in [3.05, 3.63) is 46.7 Å². The van der Waals surface area contributed by atoms with Crippen molar-refractivity contribution in [2.75, 3.05) is 18.1 Å². The highest BCUT2D eigenvalue weighted by molar-refractivity contribution is 7.12. The summed E-state index contributed by atoms with van der Waals surface area (Å²) in [4.78, 5) is 20.7. The SMILES string of the molecule is O=C1c2sccc2N=C2N(c3ccccc3)CCC12CCO. The van der Waals surface area contributed by atoms with Crippen molar-refractivity contribution in [1.82, 2.24) is 0 Å². The highest BCUT2D eigenvalue weighted by Crippen LogP contribution is 2.48. The molecule has 2 aromatic rings. The number of aliphatic imine (C=N–C) groups is 1. The molecule has 22 heavy (non-hydrogen) atoms. The summed E-state index contributed by atoms with van der Waals surface area (Å²) in [6, 6.07) is 11.9. The summed E-state index contributed by atoms with van der Waals surface area (Å²) in [6.07, 6.45) is 1.14. The zero-order valence-corrected chi connectivity index (χ0v) is 12.8. The third-order valence-electron chi connectivity index (χ3n) is 4.56. The van der Waals surface area contributed by atoms with Crippen LogP contribution in [-0.2, 0) is 0 Å². The fourth-order valence-electron chi connectivity index (χ4n) is 3.45. The average Bonchev–Trinajstić information content (AvgIpc) is 3.15. The van der Waals surface area contributed by atoms with Gasteiger partial charge < -0.3 is 10.0 Å². The maximum absolute atomic E-state index is 13.0. The molecule has 3 heterocycles. The van der Waals surface area contributed by atoms with Gasteiger partial charge in [-0.05, 0) is 36.4 Å². The van der Waals surface area contributed by atoms with E-state index >= 15 is 0 Å². The molecular weight excluding hydrogens is 296 g/mol. The van der Waals surface area contributed by atoms with Crippen molar-refractivity contribution < 1.29 is 9.90 Å². The van der Waals surface area contributed by atoms with E-state index in [0.717, 1.165) is 28.6 Å². The molecule has 1 saturated heterocycles. The van der Waals surface area contributed by atoms with Crippen LogP contribution < -0.4 is 4.90 Å². The molecule has 0 aliphatic carbocycles. The largest absolute Gasteiger partial charge is 0.396 e. The molecule has 0 spiro atoms. The molecule has 112 valence electrons. The molecule has 0 bridgehead atoms. The Labute approximate surface area is 132 Å². The molecule has 1 aromatic carbocycles. The number of fused-ring (bicyclic) bond motifs is 2. The van der Waals surface area contributed by atoms with Gasteiger partial charge in [0.1, 0.15) is 5.84 Å². The predicted octanol–water partition coefficient (Wildman–Crippen LogP) is 3.25. The van der Waals surface area contributed by atoms with Gasteiger partial charge in [0.15, 0.2) is 5.78 Å². The third-order valence-corrected chi connectivity index (χ3v) is 5.47. The molecule has 1 aromatic heterocycles. The Balaban J connectivity index is 1.87. The molecule has 1 unspecified atom stereocenters. The summed E-state index contributed by atoms with van der Waals surface area (Å²) in [5.41, 5.74) is 1.15. The number of amidine groups is 1. The molecule has 5 heteroatoms. The van der Waals surface area contributed by atoms with Gasteiger partial charge in [-0.25, -0.2) is 4.99 Å². The van der Waals surface area contributed by atoms with Gasteiger partial charge in [0.05, 0.1) is 16.0 Å². The van der Waals surface area contributed by atoms with Gasteiger partial charge in [-0.15, -0.1) is 11.3 Å². The lowest BCUT2D eigenvalue weighted by atomic mass is 9.76. The summed E-state index contributed by atoms with van der Waals surface area (Å²) < 4.78 is 0. The van der Waals surface area contributed by atoms with Crippen LogP contribution in [0.3, 0.4) is 0 Å². The van der Waals surface area contributed by atoms with Gasteiger partial charge in [-0.3, -0.25) is 4.79 Å². The molecule has 4 nitrogen and oxygen atoms in total. The van der Waals surface area contributed by atoms with Crippen LogP contribution in [0.15, 0.2) is 46.8 Å². The number of aliphatic hydroxyl groups is 1. The molecule has 1 N–H and O–H groups in total. The molecule has 1 atom stereocenters. The number of benzene rings is 1. The Morgan fingerprint density at radius 2 is 2.09 bits per heavy atom. The van der Waals surface area contributed by atoms with Crippen LogP contribution in [0.4, 0.5) is 11.4 Å². The van der Waals surface area contributed by atoms with E-state index < -0.39 is 5.41 Å². The molecule has 4 rings (SSSR count). The highest BCUT2D eigenvalue weighted by atomic mass is 32.1. The fourth-order valence-corrected chi connectivity index (χ4v) is 4.32. The van der Waals surface area contributed by atoms with Crippen molar-refractivity contribution in [1.29, 1.82) is 0 Å². The Bertz CT molecular complexity index is 753. The summed E-state index contributed by atoms with van der Waals surface area (Å²) >= 11 is 1.45. The molecule has 0 amide bonds. The second kappa shape index (κ2) is 5.04. The first-order chi connectivity index (χ1) is 10.8. The third kappa shape index (κ3) is 1.79. The van der Waals surface area contributed by atoms with Crippen molar-refractivity contribution in [3.8, 4) is 0 Å². The van der Waals surface area contributed by atoms with Gasteiger partial charge in [-0.1, -0.05) is 18.2 Å². The van der Waals surface area contributed by atoms with Gasteiger partial charge >= 0.3 is 0 Å². The van der Waals surface area contributed by atoms with E-state index in [1.807, 2.05) is 41.8 Å². The van der Waals surface area contributed by atoms with Gasteiger partial charge in [0.2, 0.25) is 0 Å². The molecule has 0 radical (unpaired) electrons. The Hall–Kier alpha value is -1.98. The van der Waals surface area contributed by atoms with Crippen molar-refractivity contribution >= 4 is 34.3 Å². The maximum Gasteiger partial charge on any atom is 0.188 e. The minimum Gasteiger partial charge on any atom is -0.396 e. The number of para-hydroxylation sites is 1. The number of carbonyl (C=O) groups is 1. The molecule has 2 aliphatic heterocycles. The van der Waals surface area contributed by atoms with Crippen molar-refractivity contribution in [2.24, 2.45) is 10.4 Å². The molecule has 0 saturated carbocycles. The van der Waals surface area contributed by atoms with E-state index in [9.17, 15) is 9.90 Å². The van der Waals surface area contributed by atoms with E-state index in [1.54, 1.807) is 0 Å². The lowest BCUT2D eigenvalue weighted by molar-refractivity contribution is 0.0841. The minimum atomic E-state index is -0.664. The molecule has 2 aliphatic rings. The number of ketones is 1. The van der Waals surface area contributed by atoms with E-state index in [0.29, 0.717) is 12.8 Å². The first kappa shape index (κ1) is 13.7.